The summed E-state index contributed by atoms with van der Waals surface area (Å²) in [6.45, 7) is 4.24. The quantitative estimate of drug-likeness (QED) is 0.875. The first kappa shape index (κ1) is 11.9. The number of nitrogens with one attached hydrogen (secondary N) is 2. The minimum atomic E-state index is -0.185. The smallest absolute Gasteiger partial charge is 0.290 e. The Labute approximate surface area is 104 Å². The summed E-state index contributed by atoms with van der Waals surface area (Å²) in [6, 6.07) is 4.20. The number of aromatic amines is 1. The van der Waals surface area contributed by atoms with E-state index in [1.807, 2.05) is 11.4 Å². The Morgan fingerprint density at radius 3 is 2.88 bits per heavy atom. The lowest BCUT2D eigenvalue weighted by Crippen LogP contribution is -2.22. The number of hydrogen-bond donors (Lipinski definition) is 2. The first-order chi connectivity index (χ1) is 8.18. The molecule has 0 radical (unpaired) electrons. The minimum Gasteiger partial charge on any atom is -0.358 e. The SMILES string of the molecule is CC(C)C(Nc1ncc[nH]c1=O)c1cccs1. The summed E-state index contributed by atoms with van der Waals surface area (Å²) in [5.41, 5.74) is -0.185. The van der Waals surface area contributed by atoms with Crippen LogP contribution in [-0.4, -0.2) is 9.97 Å². The van der Waals surface area contributed by atoms with Crippen molar-refractivity contribution in [3.05, 3.63) is 45.1 Å². The molecule has 0 saturated heterocycles. The molecule has 0 aliphatic heterocycles. The zero-order chi connectivity index (χ0) is 12.3. The molecule has 0 aromatic carbocycles. The van der Waals surface area contributed by atoms with Gasteiger partial charge in [-0.15, -0.1) is 11.3 Å². The summed E-state index contributed by atoms with van der Waals surface area (Å²) in [5, 5.41) is 5.24. The fraction of sp³-hybridized carbons (Fsp3) is 0.333. The van der Waals surface area contributed by atoms with Crippen LogP contribution in [0.4, 0.5) is 5.82 Å². The molecule has 5 heteroatoms. The van der Waals surface area contributed by atoms with Crippen molar-refractivity contribution in [2.75, 3.05) is 5.32 Å². The van der Waals surface area contributed by atoms with Crippen LogP contribution in [0.3, 0.4) is 0 Å². The number of rotatable bonds is 4. The number of nitrogens with zero attached hydrogens (tertiary/aromatic N) is 1. The Kier molecular flexibility index (Phi) is 3.58. The molecular formula is C12H15N3OS. The Morgan fingerprint density at radius 1 is 1.47 bits per heavy atom. The fourth-order valence-electron chi connectivity index (χ4n) is 1.64. The molecule has 0 bridgehead atoms. The van der Waals surface area contributed by atoms with E-state index >= 15 is 0 Å². The van der Waals surface area contributed by atoms with Gasteiger partial charge >= 0.3 is 0 Å². The molecule has 0 aliphatic rings. The van der Waals surface area contributed by atoms with Crippen LogP contribution < -0.4 is 10.9 Å². The monoisotopic (exact) mass is 249 g/mol. The maximum absolute atomic E-state index is 11.6. The predicted molar refractivity (Wildman–Crippen MR) is 70.4 cm³/mol. The third kappa shape index (κ3) is 2.74. The van der Waals surface area contributed by atoms with Gasteiger partial charge in [0.15, 0.2) is 5.82 Å². The van der Waals surface area contributed by atoms with E-state index in [0.29, 0.717) is 11.7 Å². The molecule has 1 unspecified atom stereocenters. The summed E-state index contributed by atoms with van der Waals surface area (Å²) >= 11 is 1.68. The lowest BCUT2D eigenvalue weighted by Gasteiger charge is -2.21. The van der Waals surface area contributed by atoms with Gasteiger partial charge in [-0.1, -0.05) is 19.9 Å². The normalized spacial score (nSPS) is 12.6. The molecule has 0 aliphatic carbocycles. The molecule has 0 spiro atoms. The molecule has 2 heterocycles. The summed E-state index contributed by atoms with van der Waals surface area (Å²) in [5.74, 6) is 0.759. The number of anilines is 1. The first-order valence-electron chi connectivity index (χ1n) is 5.52. The highest BCUT2D eigenvalue weighted by Crippen LogP contribution is 2.28. The van der Waals surface area contributed by atoms with Gasteiger partial charge in [-0.2, -0.15) is 0 Å². The van der Waals surface area contributed by atoms with Crippen LogP contribution in [0.25, 0.3) is 0 Å². The second-order valence-electron chi connectivity index (χ2n) is 4.15. The molecule has 0 saturated carbocycles. The van der Waals surface area contributed by atoms with Crippen molar-refractivity contribution < 1.29 is 0 Å². The van der Waals surface area contributed by atoms with E-state index in [2.05, 4.69) is 35.2 Å². The highest BCUT2D eigenvalue weighted by atomic mass is 32.1. The van der Waals surface area contributed by atoms with Crippen LogP contribution in [0.15, 0.2) is 34.7 Å². The average Bonchev–Trinajstić information content (AvgIpc) is 2.81. The summed E-state index contributed by atoms with van der Waals surface area (Å²) in [7, 11) is 0. The first-order valence-corrected chi connectivity index (χ1v) is 6.40. The predicted octanol–water partition coefficient (Wildman–Crippen LogP) is 2.64. The van der Waals surface area contributed by atoms with Crippen molar-refractivity contribution in [3.8, 4) is 0 Å². The van der Waals surface area contributed by atoms with Crippen LogP contribution in [0.2, 0.25) is 0 Å². The fourth-order valence-corrected chi connectivity index (χ4v) is 2.59. The lowest BCUT2D eigenvalue weighted by molar-refractivity contribution is 0.551. The van der Waals surface area contributed by atoms with E-state index in [1.165, 1.54) is 11.1 Å². The molecule has 2 aromatic rings. The van der Waals surface area contributed by atoms with E-state index < -0.39 is 0 Å². The summed E-state index contributed by atoms with van der Waals surface area (Å²) in [6.07, 6.45) is 3.11. The number of aromatic nitrogens is 2. The van der Waals surface area contributed by atoms with Gasteiger partial charge in [0.1, 0.15) is 0 Å². The summed E-state index contributed by atoms with van der Waals surface area (Å²) in [4.78, 5) is 19.5. The van der Waals surface area contributed by atoms with Gasteiger partial charge in [-0.3, -0.25) is 4.79 Å². The van der Waals surface area contributed by atoms with Gasteiger partial charge in [0, 0.05) is 17.3 Å². The molecule has 2 rings (SSSR count). The van der Waals surface area contributed by atoms with Gasteiger partial charge in [-0.05, 0) is 17.4 Å². The van der Waals surface area contributed by atoms with Crippen molar-refractivity contribution in [3.63, 3.8) is 0 Å². The lowest BCUT2D eigenvalue weighted by atomic mass is 10.0. The topological polar surface area (TPSA) is 57.8 Å². The number of hydrogen-bond acceptors (Lipinski definition) is 4. The van der Waals surface area contributed by atoms with E-state index in [0.717, 1.165) is 0 Å². The Balaban J connectivity index is 2.26. The minimum absolute atomic E-state index is 0.117. The Morgan fingerprint density at radius 2 is 2.29 bits per heavy atom. The molecule has 90 valence electrons. The van der Waals surface area contributed by atoms with Crippen molar-refractivity contribution in [1.82, 2.24) is 9.97 Å². The highest BCUT2D eigenvalue weighted by molar-refractivity contribution is 7.10. The number of thiophene rings is 1. The van der Waals surface area contributed by atoms with Crippen LogP contribution in [0.1, 0.15) is 24.8 Å². The Hall–Kier alpha value is -1.62. The molecule has 0 amide bonds. The molecule has 2 N–H and O–H groups in total. The van der Waals surface area contributed by atoms with Crippen LogP contribution in [0.5, 0.6) is 0 Å². The molecular weight excluding hydrogens is 234 g/mol. The third-order valence-electron chi connectivity index (χ3n) is 2.52. The van der Waals surface area contributed by atoms with Gasteiger partial charge < -0.3 is 10.3 Å². The van der Waals surface area contributed by atoms with Gasteiger partial charge in [0.25, 0.3) is 5.56 Å². The second kappa shape index (κ2) is 5.14. The van der Waals surface area contributed by atoms with Crippen molar-refractivity contribution in [2.24, 2.45) is 5.92 Å². The molecule has 0 fully saturated rings. The molecule has 17 heavy (non-hydrogen) atoms. The molecule has 1 atom stereocenters. The number of H-pyrrole nitrogens is 1. The summed E-state index contributed by atoms with van der Waals surface area (Å²) < 4.78 is 0. The van der Waals surface area contributed by atoms with Gasteiger partial charge in [-0.25, -0.2) is 4.98 Å². The average molecular weight is 249 g/mol. The van der Waals surface area contributed by atoms with Crippen molar-refractivity contribution in [1.29, 1.82) is 0 Å². The van der Waals surface area contributed by atoms with Crippen LogP contribution in [-0.2, 0) is 0 Å². The van der Waals surface area contributed by atoms with Crippen LogP contribution >= 0.6 is 11.3 Å². The second-order valence-corrected chi connectivity index (χ2v) is 5.13. The van der Waals surface area contributed by atoms with Crippen molar-refractivity contribution >= 4 is 17.2 Å². The van der Waals surface area contributed by atoms with Crippen LogP contribution in [0, 0.1) is 5.92 Å². The largest absolute Gasteiger partial charge is 0.358 e. The molecule has 2 aromatic heterocycles. The third-order valence-corrected chi connectivity index (χ3v) is 3.47. The molecule has 4 nitrogen and oxygen atoms in total. The standard InChI is InChI=1S/C12H15N3OS/c1-8(2)10(9-4-3-7-17-9)15-11-12(16)14-6-5-13-11/h3-8,10H,1-2H3,(H,13,15)(H,14,16). The van der Waals surface area contributed by atoms with E-state index in [4.69, 9.17) is 0 Å². The zero-order valence-electron chi connectivity index (χ0n) is 9.81. The zero-order valence-corrected chi connectivity index (χ0v) is 10.6. The van der Waals surface area contributed by atoms with Crippen molar-refractivity contribution in [2.45, 2.75) is 19.9 Å². The van der Waals surface area contributed by atoms with Gasteiger partial charge in [0.2, 0.25) is 0 Å². The Bertz CT molecular complexity index is 519. The van der Waals surface area contributed by atoms with E-state index in [9.17, 15) is 4.79 Å². The maximum atomic E-state index is 11.6. The van der Waals surface area contributed by atoms with Gasteiger partial charge in [0.05, 0.1) is 6.04 Å². The van der Waals surface area contributed by atoms with E-state index in [-0.39, 0.29) is 11.6 Å². The highest BCUT2D eigenvalue weighted by Gasteiger charge is 2.18. The van der Waals surface area contributed by atoms with E-state index in [1.54, 1.807) is 17.5 Å². The maximum Gasteiger partial charge on any atom is 0.290 e.